The van der Waals surface area contributed by atoms with E-state index < -0.39 is 17.6 Å². The van der Waals surface area contributed by atoms with Crippen LogP contribution < -0.4 is 5.32 Å². The lowest BCUT2D eigenvalue weighted by molar-refractivity contribution is -0.183. The van der Waals surface area contributed by atoms with Crippen molar-refractivity contribution in [2.45, 2.75) is 44.3 Å². The maximum absolute atomic E-state index is 12.7. The van der Waals surface area contributed by atoms with E-state index in [-0.39, 0.29) is 25.7 Å². The number of halogens is 3. The molecule has 0 saturated heterocycles. The average molecular weight is 282 g/mol. The second kappa shape index (κ2) is 5.35. The van der Waals surface area contributed by atoms with Crippen LogP contribution in [0.2, 0.25) is 0 Å². The van der Waals surface area contributed by atoms with E-state index in [1.807, 2.05) is 31.2 Å². The molecule has 5 heteroatoms. The normalized spacial score (nSPS) is 26.9. The molecular formula is C15H17F3N2. The molecule has 1 aromatic rings. The smallest absolute Gasteiger partial charge is 0.367 e. The van der Waals surface area contributed by atoms with E-state index in [2.05, 4.69) is 11.4 Å². The van der Waals surface area contributed by atoms with Gasteiger partial charge in [-0.15, -0.1) is 0 Å². The van der Waals surface area contributed by atoms with E-state index in [1.165, 1.54) is 0 Å². The second-order valence-corrected chi connectivity index (χ2v) is 5.50. The van der Waals surface area contributed by atoms with Gasteiger partial charge in [0.15, 0.2) is 0 Å². The first-order valence-electron chi connectivity index (χ1n) is 6.67. The Morgan fingerprint density at radius 2 is 1.95 bits per heavy atom. The van der Waals surface area contributed by atoms with Crippen molar-refractivity contribution in [1.29, 1.82) is 5.26 Å². The third kappa shape index (κ3) is 3.24. The minimum Gasteiger partial charge on any atom is -0.367 e. The predicted octanol–water partition coefficient (Wildman–Crippen LogP) is 4.42. The highest BCUT2D eigenvalue weighted by atomic mass is 19.4. The number of aryl methyl sites for hydroxylation is 1. The maximum Gasteiger partial charge on any atom is 0.391 e. The van der Waals surface area contributed by atoms with Crippen molar-refractivity contribution in [2.24, 2.45) is 5.92 Å². The van der Waals surface area contributed by atoms with Gasteiger partial charge in [0.1, 0.15) is 5.54 Å². The highest BCUT2D eigenvalue weighted by molar-refractivity contribution is 5.49. The first-order chi connectivity index (χ1) is 9.35. The van der Waals surface area contributed by atoms with Crippen LogP contribution in [0.1, 0.15) is 31.2 Å². The number of hydrogen-bond donors (Lipinski definition) is 1. The van der Waals surface area contributed by atoms with Gasteiger partial charge in [-0.3, -0.25) is 0 Å². The van der Waals surface area contributed by atoms with E-state index in [9.17, 15) is 18.4 Å². The van der Waals surface area contributed by atoms with E-state index in [4.69, 9.17) is 0 Å². The van der Waals surface area contributed by atoms with Crippen LogP contribution in [0.25, 0.3) is 0 Å². The van der Waals surface area contributed by atoms with Crippen molar-refractivity contribution in [3.8, 4) is 6.07 Å². The molecule has 0 radical (unpaired) electrons. The van der Waals surface area contributed by atoms with Crippen molar-refractivity contribution < 1.29 is 13.2 Å². The minimum absolute atomic E-state index is 0.00980. The molecule has 0 bridgehead atoms. The summed E-state index contributed by atoms with van der Waals surface area (Å²) in [7, 11) is 0. The summed E-state index contributed by atoms with van der Waals surface area (Å²) in [4.78, 5) is 0. The van der Waals surface area contributed by atoms with Crippen LogP contribution in [-0.4, -0.2) is 11.7 Å². The van der Waals surface area contributed by atoms with Crippen LogP contribution in [0.5, 0.6) is 0 Å². The van der Waals surface area contributed by atoms with Crippen molar-refractivity contribution in [1.82, 2.24) is 0 Å². The van der Waals surface area contributed by atoms with Gasteiger partial charge in [0.25, 0.3) is 0 Å². The highest BCUT2D eigenvalue weighted by Crippen LogP contribution is 2.42. The molecule has 1 aliphatic rings. The first-order valence-corrected chi connectivity index (χ1v) is 6.67. The van der Waals surface area contributed by atoms with Crippen molar-refractivity contribution in [3.05, 3.63) is 29.8 Å². The molecule has 1 aromatic carbocycles. The number of alkyl halides is 3. The zero-order valence-corrected chi connectivity index (χ0v) is 11.3. The van der Waals surface area contributed by atoms with Crippen molar-refractivity contribution in [3.63, 3.8) is 0 Å². The van der Waals surface area contributed by atoms with Gasteiger partial charge in [0.05, 0.1) is 12.0 Å². The van der Waals surface area contributed by atoms with Gasteiger partial charge < -0.3 is 5.32 Å². The topological polar surface area (TPSA) is 35.8 Å². The second-order valence-electron chi connectivity index (χ2n) is 5.50. The van der Waals surface area contributed by atoms with Crippen molar-refractivity contribution >= 4 is 5.69 Å². The molecule has 0 spiro atoms. The van der Waals surface area contributed by atoms with Gasteiger partial charge in [-0.05, 0) is 50.3 Å². The fourth-order valence-corrected chi connectivity index (χ4v) is 2.70. The Bertz CT molecular complexity index is 509. The molecule has 2 rings (SSSR count). The summed E-state index contributed by atoms with van der Waals surface area (Å²) in [5, 5.41) is 12.5. The number of hydrogen-bond acceptors (Lipinski definition) is 2. The minimum atomic E-state index is -4.15. The molecular weight excluding hydrogens is 265 g/mol. The lowest BCUT2D eigenvalue weighted by Gasteiger charge is -2.36. The summed E-state index contributed by atoms with van der Waals surface area (Å²) in [5.41, 5.74) is 0.958. The number of nitrogens with one attached hydrogen (secondary N) is 1. The van der Waals surface area contributed by atoms with Gasteiger partial charge >= 0.3 is 6.18 Å². The van der Waals surface area contributed by atoms with Gasteiger partial charge in [0, 0.05) is 5.69 Å². The molecule has 1 aliphatic carbocycles. The standard InChI is InChI=1S/C15H17F3N2/c1-11-3-2-4-13(9-11)20-14(10-19)7-5-12(6-8-14)15(16,17)18/h2-4,9,12,20H,5-8H2,1H3. The lowest BCUT2D eigenvalue weighted by atomic mass is 9.77. The van der Waals surface area contributed by atoms with Gasteiger partial charge in [-0.2, -0.15) is 18.4 Å². The fourth-order valence-electron chi connectivity index (χ4n) is 2.70. The number of nitrogens with zero attached hydrogens (tertiary/aromatic N) is 1. The predicted molar refractivity (Wildman–Crippen MR) is 71.2 cm³/mol. The van der Waals surface area contributed by atoms with Crippen LogP contribution in [0.15, 0.2) is 24.3 Å². The molecule has 0 aromatic heterocycles. The molecule has 0 heterocycles. The maximum atomic E-state index is 12.7. The van der Waals surface area contributed by atoms with Crippen molar-refractivity contribution in [2.75, 3.05) is 5.32 Å². The highest BCUT2D eigenvalue weighted by Gasteiger charge is 2.46. The summed E-state index contributed by atoms with van der Waals surface area (Å²) in [6.45, 7) is 1.94. The third-order valence-electron chi connectivity index (χ3n) is 3.92. The molecule has 20 heavy (non-hydrogen) atoms. The molecule has 0 aliphatic heterocycles. The number of nitriles is 1. The molecule has 1 saturated carbocycles. The van der Waals surface area contributed by atoms with Crippen LogP contribution in [0.4, 0.5) is 18.9 Å². The number of anilines is 1. The third-order valence-corrected chi connectivity index (χ3v) is 3.92. The molecule has 1 N–H and O–H groups in total. The summed E-state index contributed by atoms with van der Waals surface area (Å²) in [6.07, 6.45) is -3.68. The lowest BCUT2D eigenvalue weighted by Crippen LogP contribution is -2.43. The van der Waals surface area contributed by atoms with Crippen LogP contribution in [-0.2, 0) is 0 Å². The van der Waals surface area contributed by atoms with Crippen LogP contribution in [0, 0.1) is 24.2 Å². The molecule has 0 atom stereocenters. The summed E-state index contributed by atoms with van der Waals surface area (Å²) in [6, 6.07) is 9.71. The van der Waals surface area contributed by atoms with Gasteiger partial charge in [0.2, 0.25) is 0 Å². The Hall–Kier alpha value is -1.70. The Labute approximate surface area is 116 Å². The molecule has 1 fully saturated rings. The van der Waals surface area contributed by atoms with E-state index in [0.29, 0.717) is 0 Å². The first kappa shape index (κ1) is 14.7. The van der Waals surface area contributed by atoms with E-state index >= 15 is 0 Å². The Balaban J connectivity index is 2.08. The zero-order chi connectivity index (χ0) is 14.8. The molecule has 0 unspecified atom stereocenters. The molecule has 108 valence electrons. The zero-order valence-electron chi connectivity index (χ0n) is 11.3. The average Bonchev–Trinajstić information content (AvgIpc) is 2.38. The largest absolute Gasteiger partial charge is 0.391 e. The van der Waals surface area contributed by atoms with Gasteiger partial charge in [-0.1, -0.05) is 12.1 Å². The molecule has 2 nitrogen and oxygen atoms in total. The Morgan fingerprint density at radius 1 is 1.30 bits per heavy atom. The number of rotatable bonds is 2. The molecule has 0 amide bonds. The van der Waals surface area contributed by atoms with Crippen LogP contribution >= 0.6 is 0 Å². The van der Waals surface area contributed by atoms with Crippen LogP contribution in [0.3, 0.4) is 0 Å². The Morgan fingerprint density at radius 3 is 2.45 bits per heavy atom. The Kier molecular flexibility index (Phi) is 3.94. The number of benzene rings is 1. The quantitative estimate of drug-likeness (QED) is 0.871. The monoisotopic (exact) mass is 282 g/mol. The summed E-state index contributed by atoms with van der Waals surface area (Å²) in [5.74, 6) is -1.27. The van der Waals surface area contributed by atoms with E-state index in [1.54, 1.807) is 0 Å². The van der Waals surface area contributed by atoms with Gasteiger partial charge in [-0.25, -0.2) is 0 Å². The fraction of sp³-hybridized carbons (Fsp3) is 0.533. The SMILES string of the molecule is Cc1cccc(NC2(C#N)CCC(C(F)(F)F)CC2)c1. The summed E-state index contributed by atoms with van der Waals surface area (Å²) < 4.78 is 38.0. The summed E-state index contributed by atoms with van der Waals surface area (Å²) >= 11 is 0. The van der Waals surface area contributed by atoms with E-state index in [0.717, 1.165) is 11.3 Å².